The Bertz CT molecular complexity index is 103. The summed E-state index contributed by atoms with van der Waals surface area (Å²) in [6.45, 7) is 1.05. The van der Waals surface area contributed by atoms with Crippen molar-refractivity contribution in [2.24, 2.45) is 0 Å². The molecule has 0 radical (unpaired) electrons. The zero-order chi connectivity index (χ0) is 8.10. The largest absolute Gasteiger partial charge is 0.302 e. The van der Waals surface area contributed by atoms with Crippen LogP contribution in [0.5, 0.6) is 0 Å². The molecule has 12 heavy (non-hydrogen) atoms. The lowest BCUT2D eigenvalue weighted by Crippen LogP contribution is -2.34. The molecular weight excluding hydrogens is 193 g/mol. The maximum atomic E-state index is 5.67. The minimum atomic E-state index is 0. The second kappa shape index (κ2) is 6.99. The summed E-state index contributed by atoms with van der Waals surface area (Å²) in [5.41, 5.74) is 0. The Kier molecular flexibility index (Phi) is 7.31. The van der Waals surface area contributed by atoms with Gasteiger partial charge in [0.05, 0.1) is 0 Å². The third kappa shape index (κ3) is 3.97. The second-order valence-electron chi connectivity index (χ2n) is 3.46. The Morgan fingerprint density at radius 3 is 2.33 bits per heavy atom. The van der Waals surface area contributed by atoms with Crippen LogP contribution in [0.4, 0.5) is 0 Å². The summed E-state index contributed by atoms with van der Waals surface area (Å²) in [5.74, 6) is 0.771. The molecule has 0 aromatic heterocycles. The summed E-state index contributed by atoms with van der Waals surface area (Å²) in [7, 11) is 2.19. The van der Waals surface area contributed by atoms with Gasteiger partial charge in [-0.25, -0.2) is 0 Å². The third-order valence-corrected chi connectivity index (χ3v) is 2.80. The molecule has 0 saturated heterocycles. The van der Waals surface area contributed by atoms with Gasteiger partial charge < -0.3 is 4.90 Å². The minimum Gasteiger partial charge on any atom is -0.302 e. The molecule has 1 rings (SSSR count). The van der Waals surface area contributed by atoms with Crippen LogP contribution in [0.15, 0.2) is 0 Å². The van der Waals surface area contributed by atoms with Crippen LogP contribution in [0.3, 0.4) is 0 Å². The van der Waals surface area contributed by atoms with E-state index in [-0.39, 0.29) is 12.4 Å². The lowest BCUT2D eigenvalue weighted by molar-refractivity contribution is 0.201. The van der Waals surface area contributed by atoms with Gasteiger partial charge in [0.1, 0.15) is 0 Å². The number of alkyl halides is 1. The van der Waals surface area contributed by atoms with Crippen LogP contribution in [0.1, 0.15) is 32.1 Å². The van der Waals surface area contributed by atoms with E-state index in [9.17, 15) is 0 Å². The van der Waals surface area contributed by atoms with E-state index in [1.807, 2.05) is 0 Å². The number of halogens is 2. The van der Waals surface area contributed by atoms with Gasteiger partial charge in [0, 0.05) is 18.5 Å². The summed E-state index contributed by atoms with van der Waals surface area (Å²) >= 11 is 5.67. The van der Waals surface area contributed by atoms with E-state index in [1.165, 1.54) is 32.1 Å². The number of nitrogens with zero attached hydrogens (tertiary/aromatic N) is 1. The molecule has 1 aliphatic rings. The monoisotopic (exact) mass is 211 g/mol. The smallest absolute Gasteiger partial charge is 0.0351 e. The van der Waals surface area contributed by atoms with Gasteiger partial charge in [-0.1, -0.05) is 19.3 Å². The highest BCUT2D eigenvalue weighted by Gasteiger charge is 2.16. The van der Waals surface area contributed by atoms with Crippen LogP contribution in [-0.2, 0) is 0 Å². The molecule has 1 saturated carbocycles. The van der Waals surface area contributed by atoms with Crippen molar-refractivity contribution in [2.75, 3.05) is 19.5 Å². The van der Waals surface area contributed by atoms with Crippen LogP contribution in [0, 0.1) is 0 Å². The zero-order valence-electron chi connectivity index (χ0n) is 7.76. The van der Waals surface area contributed by atoms with Crippen molar-refractivity contribution in [2.45, 2.75) is 38.1 Å². The first kappa shape index (κ1) is 12.5. The molecule has 0 spiro atoms. The van der Waals surface area contributed by atoms with Crippen LogP contribution >= 0.6 is 24.0 Å². The Morgan fingerprint density at radius 1 is 1.25 bits per heavy atom. The summed E-state index contributed by atoms with van der Waals surface area (Å²) in [6.07, 6.45) is 7.03. The lowest BCUT2D eigenvalue weighted by Gasteiger charge is -2.30. The van der Waals surface area contributed by atoms with Crippen molar-refractivity contribution in [3.8, 4) is 0 Å². The average molecular weight is 212 g/mol. The van der Waals surface area contributed by atoms with E-state index >= 15 is 0 Å². The van der Waals surface area contributed by atoms with Crippen molar-refractivity contribution in [1.82, 2.24) is 4.90 Å². The van der Waals surface area contributed by atoms with Gasteiger partial charge in [0.15, 0.2) is 0 Å². The molecule has 0 atom stereocenters. The minimum absolute atomic E-state index is 0. The summed E-state index contributed by atoms with van der Waals surface area (Å²) < 4.78 is 0. The van der Waals surface area contributed by atoms with Gasteiger partial charge in [0.25, 0.3) is 0 Å². The third-order valence-electron chi connectivity index (χ3n) is 2.64. The van der Waals surface area contributed by atoms with Crippen LogP contribution in [0.25, 0.3) is 0 Å². The molecule has 0 aliphatic heterocycles. The van der Waals surface area contributed by atoms with Crippen molar-refractivity contribution in [3.63, 3.8) is 0 Å². The van der Waals surface area contributed by atoms with Crippen LogP contribution in [-0.4, -0.2) is 30.4 Å². The average Bonchev–Trinajstić information content (AvgIpc) is 2.07. The van der Waals surface area contributed by atoms with E-state index in [1.54, 1.807) is 0 Å². The molecule has 1 aliphatic carbocycles. The predicted octanol–water partition coefficient (Wildman–Crippen LogP) is 2.91. The SMILES string of the molecule is CN(CCCl)C1CCCCC1.Cl. The maximum absolute atomic E-state index is 5.67. The molecule has 74 valence electrons. The molecule has 0 bridgehead atoms. The Labute approximate surface area is 86.9 Å². The van der Waals surface area contributed by atoms with E-state index in [2.05, 4.69) is 11.9 Å². The standard InChI is InChI=1S/C9H18ClN.ClH/c1-11(8-7-10)9-5-3-2-4-6-9;/h9H,2-8H2,1H3;1H. The topological polar surface area (TPSA) is 3.24 Å². The van der Waals surface area contributed by atoms with Crippen LogP contribution in [0.2, 0.25) is 0 Å². The van der Waals surface area contributed by atoms with Gasteiger partial charge in [-0.2, -0.15) is 0 Å². The van der Waals surface area contributed by atoms with E-state index < -0.39 is 0 Å². The fourth-order valence-corrected chi connectivity index (χ4v) is 2.10. The Morgan fingerprint density at radius 2 is 1.83 bits per heavy atom. The molecule has 0 aromatic rings. The van der Waals surface area contributed by atoms with Crippen LogP contribution < -0.4 is 0 Å². The fraction of sp³-hybridized carbons (Fsp3) is 1.00. The Balaban J connectivity index is 0.00000121. The van der Waals surface area contributed by atoms with E-state index in [4.69, 9.17) is 11.6 Å². The molecular formula is C9H19Cl2N. The number of hydrogen-bond donors (Lipinski definition) is 0. The van der Waals surface area contributed by atoms with Gasteiger partial charge >= 0.3 is 0 Å². The first-order valence-electron chi connectivity index (χ1n) is 4.61. The summed E-state index contributed by atoms with van der Waals surface area (Å²) in [4.78, 5) is 2.41. The van der Waals surface area contributed by atoms with Gasteiger partial charge in [0.2, 0.25) is 0 Å². The summed E-state index contributed by atoms with van der Waals surface area (Å²) in [5, 5.41) is 0. The highest BCUT2D eigenvalue weighted by atomic mass is 35.5. The fourth-order valence-electron chi connectivity index (χ4n) is 1.84. The van der Waals surface area contributed by atoms with Crippen molar-refractivity contribution >= 4 is 24.0 Å². The van der Waals surface area contributed by atoms with Crippen molar-refractivity contribution in [1.29, 1.82) is 0 Å². The lowest BCUT2D eigenvalue weighted by atomic mass is 9.94. The Hall–Kier alpha value is 0.540. The second-order valence-corrected chi connectivity index (χ2v) is 3.84. The molecule has 0 unspecified atom stereocenters. The number of rotatable bonds is 3. The summed E-state index contributed by atoms with van der Waals surface area (Å²) in [6, 6.07) is 0.822. The first-order chi connectivity index (χ1) is 5.34. The maximum Gasteiger partial charge on any atom is 0.0351 e. The quantitative estimate of drug-likeness (QED) is 0.650. The van der Waals surface area contributed by atoms with Crippen molar-refractivity contribution < 1.29 is 0 Å². The highest BCUT2D eigenvalue weighted by Crippen LogP contribution is 2.21. The van der Waals surface area contributed by atoms with Crippen molar-refractivity contribution in [3.05, 3.63) is 0 Å². The molecule has 0 aromatic carbocycles. The molecule has 0 amide bonds. The van der Waals surface area contributed by atoms with Gasteiger partial charge in [-0.3, -0.25) is 0 Å². The zero-order valence-corrected chi connectivity index (χ0v) is 9.33. The van der Waals surface area contributed by atoms with Gasteiger partial charge in [-0.15, -0.1) is 24.0 Å². The van der Waals surface area contributed by atoms with Gasteiger partial charge in [-0.05, 0) is 19.9 Å². The molecule has 1 nitrogen and oxygen atoms in total. The predicted molar refractivity (Wildman–Crippen MR) is 57.5 cm³/mol. The molecule has 3 heteroatoms. The molecule has 1 fully saturated rings. The number of hydrogen-bond acceptors (Lipinski definition) is 1. The molecule has 0 heterocycles. The normalized spacial score (nSPS) is 19.2. The first-order valence-corrected chi connectivity index (χ1v) is 5.14. The molecule has 0 N–H and O–H groups in total. The highest BCUT2D eigenvalue weighted by molar-refractivity contribution is 6.18. The van der Waals surface area contributed by atoms with E-state index in [0.717, 1.165) is 18.5 Å². The van der Waals surface area contributed by atoms with E-state index in [0.29, 0.717) is 0 Å².